The monoisotopic (exact) mass is 644 g/mol. The summed E-state index contributed by atoms with van der Waals surface area (Å²) in [6.07, 6.45) is 17.4. The smallest absolute Gasteiger partial charge is 0.0462 e. The molecule has 0 aliphatic heterocycles. The Hall–Kier alpha value is -6.12. The molecular weight excluding hydrogens is 605 g/mol. The minimum absolute atomic E-state index is 0.449. The SMILES string of the molecule is C1=CC(C2C=CC(N(c3ccccc3)c3ccc(-c4ccc(N(c5ccccc5)c5ccc(-c6ccccc6)cc5)cc4)cc3)=CC2)=CCC1. The quantitative estimate of drug-likeness (QED) is 0.155. The van der Waals surface area contributed by atoms with Crippen molar-refractivity contribution in [2.75, 3.05) is 9.80 Å². The molecule has 0 amide bonds. The van der Waals surface area contributed by atoms with E-state index < -0.39 is 0 Å². The zero-order chi connectivity index (χ0) is 33.5. The van der Waals surface area contributed by atoms with Crippen molar-refractivity contribution in [3.8, 4) is 22.3 Å². The summed E-state index contributed by atoms with van der Waals surface area (Å²) in [7, 11) is 0. The Balaban J connectivity index is 1.05. The number of allylic oxidation sites excluding steroid dienone is 7. The molecule has 0 saturated carbocycles. The lowest BCUT2D eigenvalue weighted by atomic mass is 9.88. The number of hydrogen-bond donors (Lipinski definition) is 0. The molecule has 50 heavy (non-hydrogen) atoms. The lowest BCUT2D eigenvalue weighted by molar-refractivity contribution is 0.762. The van der Waals surface area contributed by atoms with Gasteiger partial charge in [0.2, 0.25) is 0 Å². The summed E-state index contributed by atoms with van der Waals surface area (Å²) in [5.41, 5.74) is 13.1. The average molecular weight is 645 g/mol. The van der Waals surface area contributed by atoms with Crippen LogP contribution in [-0.4, -0.2) is 0 Å². The predicted molar refractivity (Wildman–Crippen MR) is 212 cm³/mol. The fourth-order valence-corrected chi connectivity index (χ4v) is 7.02. The van der Waals surface area contributed by atoms with Crippen LogP contribution in [0.15, 0.2) is 212 Å². The van der Waals surface area contributed by atoms with Crippen LogP contribution in [0, 0.1) is 5.92 Å². The highest BCUT2D eigenvalue weighted by Gasteiger charge is 2.19. The molecule has 6 aromatic rings. The Labute approximate surface area is 296 Å². The zero-order valence-electron chi connectivity index (χ0n) is 28.1. The van der Waals surface area contributed by atoms with Crippen LogP contribution in [0.3, 0.4) is 0 Å². The molecule has 242 valence electrons. The molecule has 6 aromatic carbocycles. The molecule has 0 N–H and O–H groups in total. The third-order valence-electron chi connectivity index (χ3n) is 9.64. The summed E-state index contributed by atoms with van der Waals surface area (Å²) in [4.78, 5) is 4.68. The molecule has 2 aliphatic carbocycles. The van der Waals surface area contributed by atoms with Crippen molar-refractivity contribution in [1.29, 1.82) is 0 Å². The minimum atomic E-state index is 0.449. The second-order valence-electron chi connectivity index (χ2n) is 12.9. The van der Waals surface area contributed by atoms with Gasteiger partial charge in [-0.1, -0.05) is 134 Å². The fourth-order valence-electron chi connectivity index (χ4n) is 7.02. The molecule has 0 radical (unpaired) electrons. The van der Waals surface area contributed by atoms with E-state index in [0.717, 1.165) is 47.7 Å². The van der Waals surface area contributed by atoms with Gasteiger partial charge in [0.1, 0.15) is 0 Å². The number of para-hydroxylation sites is 2. The van der Waals surface area contributed by atoms with Crippen LogP contribution < -0.4 is 9.80 Å². The molecule has 0 saturated heterocycles. The first-order chi connectivity index (χ1) is 24.8. The van der Waals surface area contributed by atoms with Gasteiger partial charge < -0.3 is 9.80 Å². The van der Waals surface area contributed by atoms with Crippen molar-refractivity contribution >= 4 is 28.4 Å². The summed E-state index contributed by atoms with van der Waals surface area (Å²) in [6, 6.07) is 58.5. The largest absolute Gasteiger partial charge is 0.311 e. The number of hydrogen-bond acceptors (Lipinski definition) is 2. The van der Waals surface area contributed by atoms with Crippen molar-refractivity contribution in [2.24, 2.45) is 5.92 Å². The molecule has 0 aromatic heterocycles. The van der Waals surface area contributed by atoms with Crippen LogP contribution in [-0.2, 0) is 0 Å². The van der Waals surface area contributed by atoms with E-state index >= 15 is 0 Å². The maximum atomic E-state index is 2.40. The van der Waals surface area contributed by atoms with Gasteiger partial charge >= 0.3 is 0 Å². The van der Waals surface area contributed by atoms with Gasteiger partial charge in [-0.05, 0) is 114 Å². The van der Waals surface area contributed by atoms with Gasteiger partial charge in [0, 0.05) is 40.1 Å². The van der Waals surface area contributed by atoms with E-state index in [1.807, 2.05) is 0 Å². The first-order valence-corrected chi connectivity index (χ1v) is 17.6. The van der Waals surface area contributed by atoms with Crippen LogP contribution in [0.25, 0.3) is 22.3 Å². The Morgan fingerprint density at radius 2 is 0.820 bits per heavy atom. The number of rotatable bonds is 9. The first kappa shape index (κ1) is 31.2. The van der Waals surface area contributed by atoms with Gasteiger partial charge in [-0.2, -0.15) is 0 Å². The maximum Gasteiger partial charge on any atom is 0.0462 e. The van der Waals surface area contributed by atoms with Crippen molar-refractivity contribution in [3.63, 3.8) is 0 Å². The maximum absolute atomic E-state index is 2.40. The molecule has 0 heterocycles. The van der Waals surface area contributed by atoms with Crippen molar-refractivity contribution in [3.05, 3.63) is 212 Å². The average Bonchev–Trinajstić information content (AvgIpc) is 3.21. The topological polar surface area (TPSA) is 6.48 Å². The second-order valence-corrected chi connectivity index (χ2v) is 12.9. The van der Waals surface area contributed by atoms with Gasteiger partial charge in [0.15, 0.2) is 0 Å². The van der Waals surface area contributed by atoms with Gasteiger partial charge in [0.25, 0.3) is 0 Å². The van der Waals surface area contributed by atoms with Crippen LogP contribution in [0.5, 0.6) is 0 Å². The van der Waals surface area contributed by atoms with E-state index in [-0.39, 0.29) is 0 Å². The normalized spacial score (nSPS) is 15.2. The summed E-state index contributed by atoms with van der Waals surface area (Å²) in [5, 5.41) is 0. The van der Waals surface area contributed by atoms with Crippen molar-refractivity contribution in [2.45, 2.75) is 19.3 Å². The van der Waals surface area contributed by atoms with Crippen LogP contribution >= 0.6 is 0 Å². The molecule has 2 heteroatoms. The molecular formula is C48H40N2. The Morgan fingerprint density at radius 3 is 1.28 bits per heavy atom. The first-order valence-electron chi connectivity index (χ1n) is 17.6. The Morgan fingerprint density at radius 1 is 0.380 bits per heavy atom. The molecule has 0 spiro atoms. The summed E-state index contributed by atoms with van der Waals surface area (Å²) < 4.78 is 0. The van der Waals surface area contributed by atoms with E-state index in [9.17, 15) is 0 Å². The summed E-state index contributed by atoms with van der Waals surface area (Å²) in [5.74, 6) is 0.449. The summed E-state index contributed by atoms with van der Waals surface area (Å²) in [6.45, 7) is 0. The fraction of sp³-hybridized carbons (Fsp3) is 0.0833. The van der Waals surface area contributed by atoms with Gasteiger partial charge in [-0.25, -0.2) is 0 Å². The van der Waals surface area contributed by atoms with Crippen LogP contribution in [0.4, 0.5) is 28.4 Å². The van der Waals surface area contributed by atoms with E-state index in [4.69, 9.17) is 0 Å². The number of benzene rings is 6. The number of anilines is 5. The predicted octanol–water partition coefficient (Wildman–Crippen LogP) is 13.4. The third kappa shape index (κ3) is 6.74. The van der Waals surface area contributed by atoms with Gasteiger partial charge in [-0.15, -0.1) is 0 Å². The Bertz CT molecular complexity index is 2140. The van der Waals surface area contributed by atoms with E-state index in [2.05, 4.69) is 210 Å². The van der Waals surface area contributed by atoms with Gasteiger partial charge in [0.05, 0.1) is 0 Å². The van der Waals surface area contributed by atoms with E-state index in [1.54, 1.807) is 0 Å². The molecule has 1 unspecified atom stereocenters. The molecule has 2 nitrogen and oxygen atoms in total. The lowest BCUT2D eigenvalue weighted by Gasteiger charge is -2.29. The van der Waals surface area contributed by atoms with E-state index in [1.165, 1.54) is 33.5 Å². The zero-order valence-corrected chi connectivity index (χ0v) is 28.1. The molecule has 2 aliphatic rings. The van der Waals surface area contributed by atoms with E-state index in [0.29, 0.717) is 5.92 Å². The van der Waals surface area contributed by atoms with Crippen molar-refractivity contribution in [1.82, 2.24) is 0 Å². The molecule has 0 bridgehead atoms. The standard InChI is InChI=1S/C48H40N2/c1-5-13-37(14-6-1)39-21-29-45(30-22-39)49(43-17-9-3-10-18-43)47-33-25-41(26-34-47)42-27-35-48(36-28-42)50(44-19-11-4-12-20-44)46-31-23-40(24-32-46)38-15-7-2-8-16-38/h1,3-7,9-23,25-36,40H,2,8,24H2. The van der Waals surface area contributed by atoms with Gasteiger partial charge in [-0.3, -0.25) is 0 Å². The molecule has 1 atom stereocenters. The highest BCUT2D eigenvalue weighted by Crippen LogP contribution is 2.38. The highest BCUT2D eigenvalue weighted by molar-refractivity contribution is 5.80. The van der Waals surface area contributed by atoms with Crippen molar-refractivity contribution < 1.29 is 0 Å². The lowest BCUT2D eigenvalue weighted by Crippen LogP contribution is -2.17. The minimum Gasteiger partial charge on any atom is -0.311 e. The third-order valence-corrected chi connectivity index (χ3v) is 9.64. The second kappa shape index (κ2) is 14.6. The van der Waals surface area contributed by atoms with Crippen LogP contribution in [0.1, 0.15) is 19.3 Å². The molecule has 0 fully saturated rings. The van der Waals surface area contributed by atoms with Crippen LogP contribution in [0.2, 0.25) is 0 Å². The Kier molecular flexibility index (Phi) is 9.07. The molecule has 8 rings (SSSR count). The summed E-state index contributed by atoms with van der Waals surface area (Å²) >= 11 is 0. The highest BCUT2D eigenvalue weighted by atomic mass is 15.1. The number of nitrogens with zero attached hydrogens (tertiary/aromatic N) is 2.